The Bertz CT molecular complexity index is 1540. The molecule has 5 rings (SSSR count). The molecule has 0 aliphatic rings. The largest absolute Gasteiger partial charge is 0.478 e. The second-order valence-electron chi connectivity index (χ2n) is 8.42. The van der Waals surface area contributed by atoms with Crippen LogP contribution in [0.2, 0.25) is 0 Å². The Labute approximate surface area is 200 Å². The van der Waals surface area contributed by atoms with Crippen LogP contribution in [0.1, 0.15) is 46.9 Å². The first kappa shape index (κ1) is 22.5. The van der Waals surface area contributed by atoms with E-state index in [1.807, 2.05) is 44.3 Å². The topological polar surface area (TPSA) is 94.0 Å². The van der Waals surface area contributed by atoms with Gasteiger partial charge in [0.25, 0.3) is 0 Å². The van der Waals surface area contributed by atoms with Crippen LogP contribution in [-0.4, -0.2) is 30.8 Å². The van der Waals surface area contributed by atoms with E-state index in [-0.39, 0.29) is 17.2 Å². The maximum atomic E-state index is 15.1. The monoisotopic (exact) mass is 470 g/mol. The van der Waals surface area contributed by atoms with Crippen LogP contribution in [0.5, 0.6) is 0 Å². The Morgan fingerprint density at radius 3 is 2.60 bits per heavy atom. The number of aromatic nitrogens is 4. The third kappa shape index (κ3) is 3.86. The van der Waals surface area contributed by atoms with E-state index in [9.17, 15) is 9.90 Å². The lowest BCUT2D eigenvalue weighted by Gasteiger charge is -2.18. The highest BCUT2D eigenvalue weighted by Gasteiger charge is 2.23. The molecule has 4 aromatic heterocycles. The summed E-state index contributed by atoms with van der Waals surface area (Å²) < 4.78 is 22.5. The van der Waals surface area contributed by atoms with Crippen LogP contribution in [-0.2, 0) is 0 Å². The molecular formula is C27H23FN4O3. The number of aryl methyl sites for hydroxylation is 2. The Hall–Kier alpha value is -4.33. The summed E-state index contributed by atoms with van der Waals surface area (Å²) in [4.78, 5) is 20.6. The minimum Gasteiger partial charge on any atom is -0.478 e. The third-order valence-electron chi connectivity index (χ3n) is 6.25. The highest BCUT2D eigenvalue weighted by atomic mass is 19.1. The second-order valence-corrected chi connectivity index (χ2v) is 8.42. The van der Waals surface area contributed by atoms with Crippen molar-refractivity contribution in [1.82, 2.24) is 19.7 Å². The number of carboxylic acids is 1. The molecule has 4 heterocycles. The number of halogens is 1. The lowest BCUT2D eigenvalue weighted by atomic mass is 10.0. The molecule has 1 N–H and O–H groups in total. The average Bonchev–Trinajstić information content (AvgIpc) is 3.39. The summed E-state index contributed by atoms with van der Waals surface area (Å²) in [5.41, 5.74) is 5.52. The third-order valence-corrected chi connectivity index (χ3v) is 6.25. The lowest BCUT2D eigenvalue weighted by Crippen LogP contribution is -2.10. The number of pyridine rings is 2. The summed E-state index contributed by atoms with van der Waals surface area (Å²) in [7, 11) is 0. The molecule has 0 saturated carbocycles. The molecule has 0 aliphatic carbocycles. The van der Waals surface area contributed by atoms with E-state index in [1.165, 1.54) is 12.1 Å². The van der Waals surface area contributed by atoms with Gasteiger partial charge in [0.05, 0.1) is 34.0 Å². The number of fused-ring (bicyclic) bond motifs is 1. The van der Waals surface area contributed by atoms with Gasteiger partial charge < -0.3 is 14.2 Å². The molecule has 0 bridgehead atoms. The number of aromatic carboxylic acids is 1. The summed E-state index contributed by atoms with van der Waals surface area (Å²) >= 11 is 0. The molecule has 0 saturated heterocycles. The summed E-state index contributed by atoms with van der Waals surface area (Å²) in [6.45, 7) is 5.80. The van der Waals surface area contributed by atoms with Gasteiger partial charge in [-0.05, 0) is 50.6 Å². The summed E-state index contributed by atoms with van der Waals surface area (Å²) in [6, 6.07) is 11.6. The van der Waals surface area contributed by atoms with Crippen molar-refractivity contribution in [1.29, 1.82) is 0 Å². The van der Waals surface area contributed by atoms with Gasteiger partial charge in [0.2, 0.25) is 0 Å². The van der Waals surface area contributed by atoms with E-state index < -0.39 is 11.8 Å². The maximum Gasteiger partial charge on any atom is 0.335 e. The number of carboxylic acid groups (broad SMARTS) is 1. The first-order valence-electron chi connectivity index (χ1n) is 11.3. The van der Waals surface area contributed by atoms with Crippen molar-refractivity contribution < 1.29 is 18.8 Å². The van der Waals surface area contributed by atoms with Gasteiger partial charge in [-0.25, -0.2) is 9.18 Å². The maximum absolute atomic E-state index is 15.1. The van der Waals surface area contributed by atoms with Gasteiger partial charge in [-0.2, -0.15) is 0 Å². The fourth-order valence-corrected chi connectivity index (χ4v) is 4.60. The minimum atomic E-state index is -1.18. The minimum absolute atomic E-state index is 0.108. The van der Waals surface area contributed by atoms with Crippen molar-refractivity contribution in [3.63, 3.8) is 0 Å². The van der Waals surface area contributed by atoms with Gasteiger partial charge in [0.1, 0.15) is 11.6 Å². The molecule has 0 radical (unpaired) electrons. The van der Waals surface area contributed by atoms with Gasteiger partial charge in [-0.15, -0.1) is 0 Å². The van der Waals surface area contributed by atoms with Gasteiger partial charge in [-0.3, -0.25) is 9.97 Å². The Balaban J connectivity index is 1.77. The molecule has 1 atom stereocenters. The van der Waals surface area contributed by atoms with E-state index in [2.05, 4.69) is 21.6 Å². The average molecular weight is 471 g/mol. The number of carbonyl (C=O) groups is 1. The first-order valence-corrected chi connectivity index (χ1v) is 11.3. The van der Waals surface area contributed by atoms with Crippen molar-refractivity contribution >= 4 is 17.0 Å². The molecule has 0 amide bonds. The molecular weight excluding hydrogens is 447 g/mol. The zero-order valence-electron chi connectivity index (χ0n) is 19.5. The van der Waals surface area contributed by atoms with E-state index in [1.54, 1.807) is 12.4 Å². The van der Waals surface area contributed by atoms with Crippen LogP contribution in [0.4, 0.5) is 4.39 Å². The molecule has 7 nitrogen and oxygen atoms in total. The highest BCUT2D eigenvalue weighted by molar-refractivity contribution is 5.96. The van der Waals surface area contributed by atoms with Crippen LogP contribution < -0.4 is 0 Å². The van der Waals surface area contributed by atoms with E-state index in [4.69, 9.17) is 9.51 Å². The number of rotatable bonds is 6. The number of hydrogen-bond donors (Lipinski definition) is 1. The molecule has 8 heteroatoms. The van der Waals surface area contributed by atoms with E-state index in [0.717, 1.165) is 40.5 Å². The smallest absolute Gasteiger partial charge is 0.335 e. The van der Waals surface area contributed by atoms with Crippen molar-refractivity contribution in [2.24, 2.45) is 0 Å². The molecule has 0 aliphatic heterocycles. The summed E-state index contributed by atoms with van der Waals surface area (Å²) in [5, 5.41) is 13.3. The number of hydrogen-bond acceptors (Lipinski definition) is 5. The predicted molar refractivity (Wildman–Crippen MR) is 130 cm³/mol. The zero-order chi connectivity index (χ0) is 24.7. The van der Waals surface area contributed by atoms with E-state index >= 15 is 4.39 Å². The predicted octanol–water partition coefficient (Wildman–Crippen LogP) is 6.21. The fourth-order valence-electron chi connectivity index (χ4n) is 4.60. The van der Waals surface area contributed by atoms with Crippen LogP contribution in [0.25, 0.3) is 33.3 Å². The van der Waals surface area contributed by atoms with Crippen molar-refractivity contribution in [2.45, 2.75) is 33.2 Å². The van der Waals surface area contributed by atoms with Gasteiger partial charge in [-0.1, -0.05) is 24.2 Å². The highest BCUT2D eigenvalue weighted by Crippen LogP contribution is 2.38. The Kier molecular flexibility index (Phi) is 5.64. The normalized spacial score (nSPS) is 12.2. The Morgan fingerprint density at radius 2 is 1.97 bits per heavy atom. The SMILES string of the molecule is CC[C@@H](c1ccccn1)n1cc(-c2ccc(C(=O)O)cc2F)c2ncc(-c3c(C)noc3C)cc21. The van der Waals surface area contributed by atoms with Crippen LogP contribution in [0.15, 0.2) is 65.6 Å². The molecule has 176 valence electrons. The number of nitrogens with zero attached hydrogens (tertiary/aromatic N) is 4. The first-order chi connectivity index (χ1) is 16.9. The molecule has 0 spiro atoms. The van der Waals surface area contributed by atoms with Crippen molar-refractivity contribution in [2.75, 3.05) is 0 Å². The molecule has 1 aromatic carbocycles. The molecule has 35 heavy (non-hydrogen) atoms. The van der Waals surface area contributed by atoms with Crippen molar-refractivity contribution in [3.8, 4) is 22.3 Å². The standard InChI is InChI=1S/C27H23FN4O3/c1-4-23(22-7-5-6-10-29-22)32-14-20(19-9-8-17(27(33)34)11-21(19)28)26-24(32)12-18(13-30-26)25-15(2)31-35-16(25)3/h5-14,23H,4H2,1-3H3,(H,33,34)/t23-/m0/s1. The van der Waals surface area contributed by atoms with Crippen LogP contribution in [0, 0.1) is 19.7 Å². The van der Waals surface area contributed by atoms with Gasteiger partial charge >= 0.3 is 5.97 Å². The van der Waals surface area contributed by atoms with Crippen molar-refractivity contribution in [3.05, 3.63) is 89.6 Å². The molecule has 5 aromatic rings. The lowest BCUT2D eigenvalue weighted by molar-refractivity contribution is 0.0696. The number of benzene rings is 1. The molecule has 0 unspecified atom stereocenters. The van der Waals surface area contributed by atoms with Gasteiger partial charge in [0, 0.05) is 40.8 Å². The van der Waals surface area contributed by atoms with Gasteiger partial charge in [0.15, 0.2) is 0 Å². The Morgan fingerprint density at radius 1 is 1.14 bits per heavy atom. The van der Waals surface area contributed by atoms with Crippen LogP contribution in [0.3, 0.4) is 0 Å². The van der Waals surface area contributed by atoms with E-state index in [0.29, 0.717) is 16.8 Å². The fraction of sp³-hybridized carbons (Fsp3) is 0.185. The quantitative estimate of drug-likeness (QED) is 0.317. The summed E-state index contributed by atoms with van der Waals surface area (Å²) in [6.07, 6.45) is 6.10. The molecule has 0 fully saturated rings. The zero-order valence-corrected chi connectivity index (χ0v) is 19.5. The second kappa shape index (κ2) is 8.79. The van der Waals surface area contributed by atoms with Crippen LogP contribution >= 0.6 is 0 Å². The summed E-state index contributed by atoms with van der Waals surface area (Å²) in [5.74, 6) is -1.11.